The molecule has 1 aromatic carbocycles. The summed E-state index contributed by atoms with van der Waals surface area (Å²) in [4.78, 5) is 2.28. The number of halogens is 4. The van der Waals surface area contributed by atoms with Crippen LogP contribution in [0, 0.1) is 0 Å². The average Bonchev–Trinajstić information content (AvgIpc) is 2.38. The quantitative estimate of drug-likeness (QED) is 0.678. The minimum Gasteiger partial charge on any atom is -0.497 e. The molecule has 0 heterocycles. The van der Waals surface area contributed by atoms with Gasteiger partial charge in [-0.3, -0.25) is 4.90 Å². The van der Waals surface area contributed by atoms with Gasteiger partial charge in [0.05, 0.1) is 7.11 Å². The largest absolute Gasteiger partial charge is 0.497 e. The lowest BCUT2D eigenvalue weighted by Gasteiger charge is -2.28. The molecule has 0 saturated heterocycles. The summed E-state index contributed by atoms with van der Waals surface area (Å²) in [6, 6.07) is 8.44. The predicted molar refractivity (Wildman–Crippen MR) is 88.9 cm³/mol. The number of ether oxygens (including phenoxy) is 1. The summed E-state index contributed by atoms with van der Waals surface area (Å²) in [5.41, 5.74) is 1.25. The van der Waals surface area contributed by atoms with Gasteiger partial charge in [0.2, 0.25) is 0 Å². The maximum absolute atomic E-state index is 5.81. The second-order valence-corrected chi connectivity index (χ2v) is 4.62. The molecule has 0 saturated carbocycles. The van der Waals surface area contributed by atoms with Crippen LogP contribution in [-0.2, 0) is 0 Å². The number of hydrogen-bond donors (Lipinski definition) is 0. The zero-order valence-electron chi connectivity index (χ0n) is 11.1. The van der Waals surface area contributed by atoms with Crippen molar-refractivity contribution in [3.8, 4) is 5.75 Å². The van der Waals surface area contributed by atoms with Crippen LogP contribution >= 0.6 is 48.0 Å². The molecule has 19 heavy (non-hydrogen) atoms. The minimum atomic E-state index is 0. The van der Waals surface area contributed by atoms with E-state index in [1.54, 1.807) is 7.11 Å². The van der Waals surface area contributed by atoms with Gasteiger partial charge in [-0.15, -0.1) is 48.0 Å². The van der Waals surface area contributed by atoms with Crippen molar-refractivity contribution in [2.24, 2.45) is 0 Å². The van der Waals surface area contributed by atoms with Gasteiger partial charge in [-0.05, 0) is 24.6 Å². The third-order valence-corrected chi connectivity index (χ3v) is 3.23. The molecule has 0 spiro atoms. The van der Waals surface area contributed by atoms with Crippen LogP contribution in [-0.4, -0.2) is 36.9 Å². The highest BCUT2D eigenvalue weighted by Crippen LogP contribution is 2.22. The maximum Gasteiger partial charge on any atom is 0.118 e. The molecule has 2 nitrogen and oxygen atoms in total. The molecule has 0 aliphatic carbocycles. The highest BCUT2D eigenvalue weighted by Gasteiger charge is 2.14. The Morgan fingerprint density at radius 3 is 1.89 bits per heavy atom. The Morgan fingerprint density at radius 1 is 1.05 bits per heavy atom. The Hall–Kier alpha value is 0.140. The van der Waals surface area contributed by atoms with Crippen molar-refractivity contribution >= 4 is 48.0 Å². The standard InChI is InChI=1S/C13H19Cl2NO.2ClH/c1-11(16(9-7-14)10-8-15)12-3-5-13(17-2)6-4-12;;/h3-6,11H,7-10H2,1-2H3;2*1H. The van der Waals surface area contributed by atoms with Crippen LogP contribution in [0.4, 0.5) is 0 Å². The van der Waals surface area contributed by atoms with Gasteiger partial charge >= 0.3 is 0 Å². The van der Waals surface area contributed by atoms with E-state index in [9.17, 15) is 0 Å². The highest BCUT2D eigenvalue weighted by atomic mass is 35.5. The fraction of sp³-hybridized carbons (Fsp3) is 0.538. The Bertz CT molecular complexity index is 315. The molecule has 0 N–H and O–H groups in total. The van der Waals surface area contributed by atoms with Crippen molar-refractivity contribution in [2.45, 2.75) is 13.0 Å². The molecule has 0 fully saturated rings. The normalized spacial score (nSPS) is 11.4. The number of alkyl halides is 2. The Morgan fingerprint density at radius 2 is 1.53 bits per heavy atom. The van der Waals surface area contributed by atoms with Crippen molar-refractivity contribution in [3.05, 3.63) is 29.8 Å². The van der Waals surface area contributed by atoms with E-state index < -0.39 is 0 Å². The first-order valence-electron chi connectivity index (χ1n) is 5.72. The van der Waals surface area contributed by atoms with E-state index >= 15 is 0 Å². The van der Waals surface area contributed by atoms with Gasteiger partial charge in [0.15, 0.2) is 0 Å². The van der Waals surface area contributed by atoms with Crippen molar-refractivity contribution in [1.82, 2.24) is 4.90 Å². The molecule has 0 aromatic heterocycles. The molecule has 0 bridgehead atoms. The molecule has 0 aliphatic rings. The van der Waals surface area contributed by atoms with E-state index in [-0.39, 0.29) is 24.8 Å². The van der Waals surface area contributed by atoms with E-state index in [0.29, 0.717) is 17.8 Å². The third kappa shape index (κ3) is 6.92. The van der Waals surface area contributed by atoms with Gasteiger partial charge in [0, 0.05) is 30.9 Å². The molecule has 1 unspecified atom stereocenters. The summed E-state index contributed by atoms with van der Waals surface area (Å²) in [7, 11) is 1.67. The summed E-state index contributed by atoms with van der Waals surface area (Å²) in [6.07, 6.45) is 0. The first-order chi connectivity index (χ1) is 8.22. The first kappa shape index (κ1) is 21.4. The molecule has 0 radical (unpaired) electrons. The van der Waals surface area contributed by atoms with Crippen LogP contribution in [0.5, 0.6) is 5.75 Å². The number of rotatable bonds is 7. The minimum absolute atomic E-state index is 0. The molecular weight excluding hydrogens is 328 g/mol. The summed E-state index contributed by atoms with van der Waals surface area (Å²) >= 11 is 11.6. The van der Waals surface area contributed by atoms with E-state index in [4.69, 9.17) is 27.9 Å². The van der Waals surface area contributed by atoms with Crippen LogP contribution in [0.25, 0.3) is 0 Å². The fourth-order valence-electron chi connectivity index (χ4n) is 1.81. The van der Waals surface area contributed by atoms with Crippen LogP contribution in [0.2, 0.25) is 0 Å². The maximum atomic E-state index is 5.81. The molecule has 6 heteroatoms. The van der Waals surface area contributed by atoms with Crippen molar-refractivity contribution in [3.63, 3.8) is 0 Å². The molecule has 0 amide bonds. The SMILES string of the molecule is COc1ccc(C(C)N(CCCl)CCCl)cc1.Cl.Cl. The summed E-state index contributed by atoms with van der Waals surface area (Å²) in [5.74, 6) is 2.12. The lowest BCUT2D eigenvalue weighted by atomic mass is 10.1. The van der Waals surface area contributed by atoms with Crippen molar-refractivity contribution < 1.29 is 4.74 Å². The van der Waals surface area contributed by atoms with E-state index in [2.05, 4.69) is 24.0 Å². The summed E-state index contributed by atoms with van der Waals surface area (Å²) in [5, 5.41) is 0. The number of benzene rings is 1. The third-order valence-electron chi connectivity index (χ3n) is 2.89. The average molecular weight is 349 g/mol. The van der Waals surface area contributed by atoms with Crippen LogP contribution in [0.3, 0.4) is 0 Å². The van der Waals surface area contributed by atoms with Gasteiger partial charge in [-0.1, -0.05) is 12.1 Å². The van der Waals surface area contributed by atoms with Crippen molar-refractivity contribution in [1.29, 1.82) is 0 Å². The monoisotopic (exact) mass is 347 g/mol. The molecule has 112 valence electrons. The second-order valence-electron chi connectivity index (χ2n) is 3.86. The van der Waals surface area contributed by atoms with E-state index in [1.807, 2.05) is 12.1 Å². The molecular formula is C13H21Cl4NO. The van der Waals surface area contributed by atoms with Crippen LogP contribution < -0.4 is 4.74 Å². The zero-order valence-corrected chi connectivity index (χ0v) is 14.3. The first-order valence-corrected chi connectivity index (χ1v) is 6.79. The van der Waals surface area contributed by atoms with Gasteiger partial charge in [-0.2, -0.15) is 0 Å². The van der Waals surface area contributed by atoms with Crippen LogP contribution in [0.1, 0.15) is 18.5 Å². The predicted octanol–water partition coefficient (Wildman–Crippen LogP) is 4.38. The van der Waals surface area contributed by atoms with Gasteiger partial charge < -0.3 is 4.74 Å². The van der Waals surface area contributed by atoms with Crippen molar-refractivity contribution in [2.75, 3.05) is 32.0 Å². The van der Waals surface area contributed by atoms with Gasteiger partial charge in [0.1, 0.15) is 5.75 Å². The lowest BCUT2D eigenvalue weighted by Crippen LogP contribution is -2.30. The molecule has 1 atom stereocenters. The van der Waals surface area contributed by atoms with Crippen LogP contribution in [0.15, 0.2) is 24.3 Å². The molecule has 1 aromatic rings. The topological polar surface area (TPSA) is 12.5 Å². The highest BCUT2D eigenvalue weighted by molar-refractivity contribution is 6.18. The van der Waals surface area contributed by atoms with E-state index in [0.717, 1.165) is 18.8 Å². The molecule has 0 aliphatic heterocycles. The smallest absolute Gasteiger partial charge is 0.118 e. The second kappa shape index (κ2) is 11.9. The van der Waals surface area contributed by atoms with Gasteiger partial charge in [0.25, 0.3) is 0 Å². The number of methoxy groups -OCH3 is 1. The number of nitrogens with zero attached hydrogens (tertiary/aromatic N) is 1. The Labute approximate surface area is 138 Å². The fourth-order valence-corrected chi connectivity index (χ4v) is 2.24. The number of hydrogen-bond acceptors (Lipinski definition) is 2. The van der Waals surface area contributed by atoms with Gasteiger partial charge in [-0.25, -0.2) is 0 Å². The Balaban J connectivity index is 0. The van der Waals surface area contributed by atoms with E-state index in [1.165, 1.54) is 5.56 Å². The summed E-state index contributed by atoms with van der Waals surface area (Å²) < 4.78 is 5.15. The zero-order chi connectivity index (χ0) is 12.7. The lowest BCUT2D eigenvalue weighted by molar-refractivity contribution is 0.237. The summed E-state index contributed by atoms with van der Waals surface area (Å²) in [6.45, 7) is 3.86. The Kier molecular flexibility index (Phi) is 13.5. The molecule has 1 rings (SSSR count).